The average molecular weight is 417 g/mol. The second kappa shape index (κ2) is 12.2. The van der Waals surface area contributed by atoms with Gasteiger partial charge in [0.25, 0.3) is 5.91 Å². The Balaban J connectivity index is 2.05. The Bertz CT molecular complexity index is 763. The number of amides is 2. The number of nitrogens with zero attached hydrogens (tertiary/aromatic N) is 2. The van der Waals surface area contributed by atoms with E-state index in [1.807, 2.05) is 44.2 Å². The molecular weight excluding hydrogens is 384 g/mol. The highest BCUT2D eigenvalue weighted by Gasteiger charge is 2.20. The molecule has 2 aromatic rings. The van der Waals surface area contributed by atoms with Gasteiger partial charge in [0.15, 0.2) is 5.13 Å². The van der Waals surface area contributed by atoms with Crippen molar-refractivity contribution < 1.29 is 9.59 Å². The van der Waals surface area contributed by atoms with E-state index in [1.54, 1.807) is 10.3 Å². The molecule has 2 amide bonds. The molecule has 158 valence electrons. The molecular formula is C22H32N4O2S. The van der Waals surface area contributed by atoms with Gasteiger partial charge in [0, 0.05) is 37.5 Å². The zero-order valence-electron chi connectivity index (χ0n) is 17.6. The average Bonchev–Trinajstić information content (AvgIpc) is 3.20. The molecule has 1 atom stereocenters. The van der Waals surface area contributed by atoms with Crippen molar-refractivity contribution in [2.45, 2.75) is 59.0 Å². The van der Waals surface area contributed by atoms with Crippen LogP contribution in [-0.2, 0) is 11.3 Å². The molecule has 0 spiro atoms. The van der Waals surface area contributed by atoms with Gasteiger partial charge in [0.1, 0.15) is 5.69 Å². The maximum Gasteiger partial charge on any atom is 0.273 e. The zero-order valence-corrected chi connectivity index (χ0v) is 18.4. The van der Waals surface area contributed by atoms with Crippen molar-refractivity contribution in [3.8, 4) is 0 Å². The third-order valence-electron chi connectivity index (χ3n) is 4.66. The van der Waals surface area contributed by atoms with Crippen molar-refractivity contribution in [3.05, 3.63) is 47.0 Å². The van der Waals surface area contributed by atoms with Gasteiger partial charge in [-0.15, -0.1) is 11.3 Å². The van der Waals surface area contributed by atoms with Crippen LogP contribution in [0.3, 0.4) is 0 Å². The molecule has 29 heavy (non-hydrogen) atoms. The molecule has 7 heteroatoms. The smallest absolute Gasteiger partial charge is 0.273 e. The first kappa shape index (κ1) is 22.9. The highest BCUT2D eigenvalue weighted by atomic mass is 32.1. The first-order valence-corrected chi connectivity index (χ1v) is 11.2. The molecule has 0 bridgehead atoms. The van der Waals surface area contributed by atoms with E-state index in [0.29, 0.717) is 18.8 Å². The second-order valence-electron chi connectivity index (χ2n) is 7.16. The fraction of sp³-hybridized carbons (Fsp3) is 0.500. The van der Waals surface area contributed by atoms with Crippen LogP contribution in [0.25, 0.3) is 0 Å². The fourth-order valence-electron chi connectivity index (χ4n) is 2.73. The second-order valence-corrected chi connectivity index (χ2v) is 8.02. The van der Waals surface area contributed by atoms with Crippen molar-refractivity contribution >= 4 is 28.3 Å². The van der Waals surface area contributed by atoms with Crippen LogP contribution in [0.2, 0.25) is 0 Å². The first-order valence-electron chi connectivity index (χ1n) is 10.3. The number of anilines is 1. The van der Waals surface area contributed by atoms with Crippen LogP contribution in [0.5, 0.6) is 0 Å². The number of hydrogen-bond donors (Lipinski definition) is 2. The van der Waals surface area contributed by atoms with Crippen molar-refractivity contribution in [2.24, 2.45) is 0 Å². The molecule has 2 rings (SSSR count). The predicted octanol–water partition coefficient (Wildman–Crippen LogP) is 4.30. The lowest BCUT2D eigenvalue weighted by Crippen LogP contribution is -2.37. The van der Waals surface area contributed by atoms with Crippen molar-refractivity contribution in [3.63, 3.8) is 0 Å². The maximum absolute atomic E-state index is 13.1. The van der Waals surface area contributed by atoms with E-state index in [9.17, 15) is 9.59 Å². The van der Waals surface area contributed by atoms with Crippen LogP contribution in [0.15, 0.2) is 35.7 Å². The highest BCUT2D eigenvalue weighted by molar-refractivity contribution is 7.13. The lowest BCUT2D eigenvalue weighted by molar-refractivity contribution is -0.121. The third kappa shape index (κ3) is 7.85. The summed E-state index contributed by atoms with van der Waals surface area (Å²) in [6.07, 6.45) is 3.32. The Kier molecular flexibility index (Phi) is 9.64. The summed E-state index contributed by atoms with van der Waals surface area (Å²) in [5, 5.41) is 8.77. The summed E-state index contributed by atoms with van der Waals surface area (Å²) < 4.78 is 0. The topological polar surface area (TPSA) is 74.3 Å². The Morgan fingerprint density at radius 3 is 2.66 bits per heavy atom. The van der Waals surface area contributed by atoms with Crippen LogP contribution in [0.4, 0.5) is 5.13 Å². The molecule has 0 aliphatic heterocycles. The van der Waals surface area contributed by atoms with Crippen molar-refractivity contribution in [1.29, 1.82) is 0 Å². The van der Waals surface area contributed by atoms with Crippen LogP contribution in [0, 0.1) is 0 Å². The Labute approximate surface area is 177 Å². The predicted molar refractivity (Wildman–Crippen MR) is 119 cm³/mol. The van der Waals surface area contributed by atoms with Gasteiger partial charge in [-0.25, -0.2) is 4.98 Å². The number of thiazole rings is 1. The van der Waals surface area contributed by atoms with Gasteiger partial charge in [-0.3, -0.25) is 9.59 Å². The summed E-state index contributed by atoms with van der Waals surface area (Å²) in [5.41, 5.74) is 1.45. The Hall–Kier alpha value is -2.41. The molecule has 0 unspecified atom stereocenters. The number of carbonyl (C=O) groups is 2. The number of unbranched alkanes of at least 4 members (excludes halogenated alkanes) is 1. The number of carbonyl (C=O) groups excluding carboxylic acids is 2. The summed E-state index contributed by atoms with van der Waals surface area (Å²) >= 11 is 1.44. The molecule has 0 saturated heterocycles. The van der Waals surface area contributed by atoms with Gasteiger partial charge in [-0.2, -0.15) is 0 Å². The van der Waals surface area contributed by atoms with E-state index in [1.165, 1.54) is 11.3 Å². The molecule has 0 saturated carbocycles. The van der Waals surface area contributed by atoms with Gasteiger partial charge in [-0.05, 0) is 25.3 Å². The lowest BCUT2D eigenvalue weighted by Gasteiger charge is -2.22. The SMILES string of the molecule is CCCCNc1nc(C(=O)N(CCC(=O)N[C@H](C)CC)Cc2ccccc2)cs1. The minimum atomic E-state index is -0.148. The van der Waals surface area contributed by atoms with E-state index in [2.05, 4.69) is 22.5 Å². The molecule has 1 aromatic carbocycles. The minimum absolute atomic E-state index is 0.0367. The first-order chi connectivity index (χ1) is 14.0. The number of nitrogens with one attached hydrogen (secondary N) is 2. The van der Waals surface area contributed by atoms with Crippen LogP contribution in [-0.4, -0.2) is 40.8 Å². The van der Waals surface area contributed by atoms with Crippen LogP contribution >= 0.6 is 11.3 Å². The van der Waals surface area contributed by atoms with E-state index in [0.717, 1.165) is 36.5 Å². The lowest BCUT2D eigenvalue weighted by atomic mass is 10.2. The fourth-order valence-corrected chi connectivity index (χ4v) is 3.44. The van der Waals surface area contributed by atoms with Gasteiger partial charge in [-0.1, -0.05) is 50.6 Å². The standard InChI is InChI=1S/C22H32N4O2S/c1-4-6-13-23-22-25-19(16-29-22)21(28)26(15-18-10-8-7-9-11-18)14-12-20(27)24-17(3)5-2/h7-11,16-17H,4-6,12-15H2,1-3H3,(H,23,25)(H,24,27)/t17-/m1/s1. The summed E-state index contributed by atoms with van der Waals surface area (Å²) in [4.78, 5) is 31.5. The highest BCUT2D eigenvalue weighted by Crippen LogP contribution is 2.18. The molecule has 2 N–H and O–H groups in total. The van der Waals surface area contributed by atoms with Gasteiger partial charge in [0.2, 0.25) is 5.91 Å². The normalized spacial score (nSPS) is 11.7. The van der Waals surface area contributed by atoms with Crippen molar-refractivity contribution in [1.82, 2.24) is 15.2 Å². The zero-order chi connectivity index (χ0) is 21.1. The molecule has 6 nitrogen and oxygen atoms in total. The van der Waals surface area contributed by atoms with Crippen molar-refractivity contribution in [2.75, 3.05) is 18.4 Å². The molecule has 0 aliphatic carbocycles. The molecule has 0 radical (unpaired) electrons. The molecule has 0 fully saturated rings. The molecule has 1 aromatic heterocycles. The van der Waals surface area contributed by atoms with E-state index in [-0.39, 0.29) is 24.3 Å². The monoisotopic (exact) mass is 416 g/mol. The summed E-state index contributed by atoms with van der Waals surface area (Å²) in [7, 11) is 0. The van der Waals surface area contributed by atoms with Gasteiger partial charge >= 0.3 is 0 Å². The maximum atomic E-state index is 13.1. The Morgan fingerprint density at radius 2 is 1.97 bits per heavy atom. The number of rotatable bonds is 12. The largest absolute Gasteiger partial charge is 0.362 e. The third-order valence-corrected chi connectivity index (χ3v) is 5.46. The molecule has 0 aliphatic rings. The van der Waals surface area contributed by atoms with E-state index >= 15 is 0 Å². The van der Waals surface area contributed by atoms with E-state index < -0.39 is 0 Å². The molecule has 1 heterocycles. The quantitative estimate of drug-likeness (QED) is 0.506. The number of aromatic nitrogens is 1. The van der Waals surface area contributed by atoms with Gasteiger partial charge in [0.05, 0.1) is 0 Å². The summed E-state index contributed by atoms with van der Waals surface area (Å²) in [5.74, 6) is -0.185. The minimum Gasteiger partial charge on any atom is -0.362 e. The number of hydrogen-bond acceptors (Lipinski definition) is 5. The van der Waals surface area contributed by atoms with E-state index in [4.69, 9.17) is 0 Å². The Morgan fingerprint density at radius 1 is 1.21 bits per heavy atom. The summed E-state index contributed by atoms with van der Waals surface area (Å²) in [6, 6.07) is 9.95. The van der Waals surface area contributed by atoms with Gasteiger partial charge < -0.3 is 15.5 Å². The summed E-state index contributed by atoms with van der Waals surface area (Å²) in [6.45, 7) is 7.80. The van der Waals surface area contributed by atoms with Crippen LogP contribution < -0.4 is 10.6 Å². The van der Waals surface area contributed by atoms with Crippen LogP contribution in [0.1, 0.15) is 62.5 Å². The number of benzene rings is 1.